The van der Waals surface area contributed by atoms with Gasteiger partial charge in [0.05, 0.1) is 17.0 Å². The topological polar surface area (TPSA) is 63.4 Å². The zero-order valence-electron chi connectivity index (χ0n) is 14.0. The van der Waals surface area contributed by atoms with Crippen molar-refractivity contribution in [1.82, 2.24) is 10.1 Å². The molecule has 26 heavy (non-hydrogen) atoms. The number of carbonyl (C=O) groups is 2. The normalized spacial score (nSPS) is 13.5. The molecule has 0 N–H and O–H groups in total. The lowest BCUT2D eigenvalue weighted by molar-refractivity contribution is 0.0729. The summed E-state index contributed by atoms with van der Waals surface area (Å²) in [6, 6.07) is 7.99. The number of rotatable bonds is 3. The standard InChI is InChI=1S/C19H15FN2O3S/c1-11(23)17-8-12(10-26-17)19(24)22-7-6-16-14(9-22)18(21-25-16)13-4-2-3-5-15(13)20/h2-5,8,10H,6-7,9H2,1H3. The minimum absolute atomic E-state index is 0.0594. The molecule has 5 nitrogen and oxygen atoms in total. The second kappa shape index (κ2) is 6.49. The van der Waals surface area contributed by atoms with Gasteiger partial charge in [0.15, 0.2) is 5.78 Å². The fourth-order valence-electron chi connectivity index (χ4n) is 3.06. The fraction of sp³-hybridized carbons (Fsp3) is 0.211. The van der Waals surface area contributed by atoms with E-state index in [1.807, 2.05) is 0 Å². The van der Waals surface area contributed by atoms with Gasteiger partial charge in [-0.2, -0.15) is 0 Å². The van der Waals surface area contributed by atoms with Gasteiger partial charge in [0.2, 0.25) is 0 Å². The number of Topliss-reactive ketones (excluding diaryl/α,β-unsaturated/α-hetero) is 1. The highest BCUT2D eigenvalue weighted by Crippen LogP contribution is 2.32. The molecule has 0 fully saturated rings. The lowest BCUT2D eigenvalue weighted by Crippen LogP contribution is -2.35. The highest BCUT2D eigenvalue weighted by atomic mass is 32.1. The van der Waals surface area contributed by atoms with E-state index in [0.717, 1.165) is 5.56 Å². The van der Waals surface area contributed by atoms with Gasteiger partial charge in [-0.25, -0.2) is 4.39 Å². The molecule has 4 rings (SSSR count). The van der Waals surface area contributed by atoms with Crippen LogP contribution in [-0.4, -0.2) is 28.3 Å². The number of benzene rings is 1. The summed E-state index contributed by atoms with van der Waals surface area (Å²) in [6.45, 7) is 2.26. The van der Waals surface area contributed by atoms with E-state index in [9.17, 15) is 14.0 Å². The van der Waals surface area contributed by atoms with Crippen LogP contribution in [0, 0.1) is 5.82 Å². The number of halogens is 1. The quantitative estimate of drug-likeness (QED) is 0.655. The summed E-state index contributed by atoms with van der Waals surface area (Å²) in [5.41, 5.74) is 2.02. The molecule has 0 bridgehead atoms. The average Bonchev–Trinajstić information content (AvgIpc) is 3.28. The van der Waals surface area contributed by atoms with Crippen molar-refractivity contribution < 1.29 is 18.5 Å². The Morgan fingerprint density at radius 2 is 2.12 bits per heavy atom. The Morgan fingerprint density at radius 1 is 1.31 bits per heavy atom. The van der Waals surface area contributed by atoms with Crippen molar-refractivity contribution >= 4 is 23.0 Å². The van der Waals surface area contributed by atoms with Crippen LogP contribution in [0.25, 0.3) is 11.3 Å². The Labute approximate surface area is 153 Å². The molecular formula is C19H15FN2O3S. The molecule has 1 aliphatic heterocycles. The zero-order valence-corrected chi connectivity index (χ0v) is 14.8. The van der Waals surface area contributed by atoms with Crippen LogP contribution in [0.4, 0.5) is 4.39 Å². The lowest BCUT2D eigenvalue weighted by Gasteiger charge is -2.26. The number of hydrogen-bond acceptors (Lipinski definition) is 5. The average molecular weight is 370 g/mol. The minimum atomic E-state index is -0.379. The monoisotopic (exact) mass is 370 g/mol. The van der Waals surface area contributed by atoms with Gasteiger partial charge in [-0.3, -0.25) is 9.59 Å². The Hall–Kier alpha value is -2.80. The highest BCUT2D eigenvalue weighted by Gasteiger charge is 2.29. The summed E-state index contributed by atoms with van der Waals surface area (Å²) >= 11 is 1.26. The molecule has 0 saturated heterocycles. The molecule has 1 aliphatic rings. The number of carbonyl (C=O) groups excluding carboxylic acids is 2. The molecule has 0 unspecified atom stereocenters. The molecule has 0 saturated carbocycles. The Balaban J connectivity index is 1.63. The lowest BCUT2D eigenvalue weighted by atomic mass is 10.0. The van der Waals surface area contributed by atoms with Crippen LogP contribution in [0.3, 0.4) is 0 Å². The maximum atomic E-state index is 14.1. The summed E-state index contributed by atoms with van der Waals surface area (Å²) in [4.78, 5) is 26.5. The van der Waals surface area contributed by atoms with Crippen LogP contribution < -0.4 is 0 Å². The van der Waals surface area contributed by atoms with Crippen molar-refractivity contribution in [2.45, 2.75) is 19.9 Å². The predicted octanol–water partition coefficient (Wildman–Crippen LogP) is 3.94. The smallest absolute Gasteiger partial charge is 0.255 e. The Bertz CT molecular complexity index is 1010. The number of fused-ring (bicyclic) bond motifs is 1. The van der Waals surface area contributed by atoms with Crippen LogP contribution in [-0.2, 0) is 13.0 Å². The van der Waals surface area contributed by atoms with Gasteiger partial charge >= 0.3 is 0 Å². The van der Waals surface area contributed by atoms with E-state index in [2.05, 4.69) is 5.16 Å². The highest BCUT2D eigenvalue weighted by molar-refractivity contribution is 7.12. The first-order valence-corrected chi connectivity index (χ1v) is 9.03. The maximum Gasteiger partial charge on any atom is 0.255 e. The number of hydrogen-bond donors (Lipinski definition) is 0. The number of thiophene rings is 1. The van der Waals surface area contributed by atoms with Crippen molar-refractivity contribution in [3.05, 3.63) is 63.3 Å². The van der Waals surface area contributed by atoms with Crippen molar-refractivity contribution in [3.63, 3.8) is 0 Å². The van der Waals surface area contributed by atoms with Gasteiger partial charge in [-0.05, 0) is 25.1 Å². The molecule has 0 atom stereocenters. The van der Waals surface area contributed by atoms with Gasteiger partial charge in [0.25, 0.3) is 5.91 Å². The molecule has 0 spiro atoms. The number of ketones is 1. The van der Waals surface area contributed by atoms with Crippen molar-refractivity contribution in [3.8, 4) is 11.3 Å². The van der Waals surface area contributed by atoms with Crippen LogP contribution in [0.5, 0.6) is 0 Å². The summed E-state index contributed by atoms with van der Waals surface area (Å²) < 4.78 is 19.5. The maximum absolute atomic E-state index is 14.1. The van der Waals surface area contributed by atoms with Crippen molar-refractivity contribution in [2.24, 2.45) is 0 Å². The molecule has 0 aliphatic carbocycles. The van der Waals surface area contributed by atoms with E-state index < -0.39 is 0 Å². The molecule has 0 radical (unpaired) electrons. The van der Waals surface area contributed by atoms with Gasteiger partial charge in [0.1, 0.15) is 17.3 Å². The van der Waals surface area contributed by atoms with E-state index in [1.165, 1.54) is 24.3 Å². The van der Waals surface area contributed by atoms with E-state index in [0.29, 0.717) is 47.0 Å². The van der Waals surface area contributed by atoms with Gasteiger partial charge < -0.3 is 9.42 Å². The largest absolute Gasteiger partial charge is 0.360 e. The molecule has 3 heterocycles. The third-order valence-electron chi connectivity index (χ3n) is 4.44. The van der Waals surface area contributed by atoms with Crippen LogP contribution in [0.1, 0.15) is 38.3 Å². The number of aromatic nitrogens is 1. The van der Waals surface area contributed by atoms with Crippen LogP contribution in [0.2, 0.25) is 0 Å². The van der Waals surface area contributed by atoms with Crippen LogP contribution in [0.15, 0.2) is 40.2 Å². The summed E-state index contributed by atoms with van der Waals surface area (Å²) in [5.74, 6) is 0.0916. The van der Waals surface area contributed by atoms with Crippen LogP contribution >= 0.6 is 11.3 Å². The molecular weight excluding hydrogens is 355 g/mol. The Morgan fingerprint density at radius 3 is 2.85 bits per heavy atom. The van der Waals surface area contributed by atoms with E-state index in [1.54, 1.807) is 34.5 Å². The molecule has 3 aromatic rings. The second-order valence-corrected chi connectivity index (χ2v) is 7.06. The van der Waals surface area contributed by atoms with Crippen molar-refractivity contribution in [1.29, 1.82) is 0 Å². The third-order valence-corrected chi connectivity index (χ3v) is 5.47. The molecule has 1 amide bonds. The predicted molar refractivity (Wildman–Crippen MR) is 94.7 cm³/mol. The zero-order chi connectivity index (χ0) is 18.3. The first-order chi connectivity index (χ1) is 12.5. The minimum Gasteiger partial charge on any atom is -0.360 e. The third kappa shape index (κ3) is 2.84. The summed E-state index contributed by atoms with van der Waals surface area (Å²) in [6.07, 6.45) is 0.520. The second-order valence-electron chi connectivity index (χ2n) is 6.15. The first-order valence-electron chi connectivity index (χ1n) is 8.15. The van der Waals surface area contributed by atoms with E-state index in [4.69, 9.17) is 4.52 Å². The first kappa shape index (κ1) is 16.7. The van der Waals surface area contributed by atoms with Crippen molar-refractivity contribution in [2.75, 3.05) is 6.54 Å². The summed E-state index contributed by atoms with van der Waals surface area (Å²) in [7, 11) is 0. The molecule has 1 aromatic carbocycles. The molecule has 7 heteroatoms. The Kier molecular flexibility index (Phi) is 4.16. The van der Waals surface area contributed by atoms with E-state index >= 15 is 0 Å². The SMILES string of the molecule is CC(=O)c1cc(C(=O)N2CCc3onc(-c4ccccc4F)c3C2)cs1. The van der Waals surface area contributed by atoms with Gasteiger partial charge in [0, 0.05) is 29.5 Å². The number of nitrogens with zero attached hydrogens (tertiary/aromatic N) is 2. The van der Waals surface area contributed by atoms with Gasteiger partial charge in [-0.1, -0.05) is 17.3 Å². The molecule has 2 aromatic heterocycles. The number of amides is 1. The van der Waals surface area contributed by atoms with E-state index in [-0.39, 0.29) is 17.5 Å². The summed E-state index contributed by atoms with van der Waals surface area (Å²) in [5, 5.41) is 5.72. The molecule has 132 valence electrons. The fourth-order valence-corrected chi connectivity index (χ4v) is 3.85. The van der Waals surface area contributed by atoms with Gasteiger partial charge in [-0.15, -0.1) is 11.3 Å².